The zero-order valence-corrected chi connectivity index (χ0v) is 12.4. The molecule has 0 radical (unpaired) electrons. The number of rotatable bonds is 4. The lowest BCUT2D eigenvalue weighted by atomic mass is 9.98. The molecule has 0 bridgehead atoms. The van der Waals surface area contributed by atoms with Crippen LogP contribution in [0.25, 0.3) is 0 Å². The standard InChI is InChI=1S/C16H23NO3/c1-11-8-15(9-12(2)20-11)17(3)10-13-4-6-14(7-5-13)16(18)19/h4-7,11-12,15H,8-10H2,1-3H3,(H,18,19). The second-order valence-electron chi connectivity index (χ2n) is 5.80. The van der Waals surface area contributed by atoms with Gasteiger partial charge in [-0.2, -0.15) is 0 Å². The normalized spacial score (nSPS) is 26.7. The van der Waals surface area contributed by atoms with Crippen molar-refractivity contribution in [2.45, 2.75) is 51.5 Å². The zero-order valence-electron chi connectivity index (χ0n) is 12.4. The maximum atomic E-state index is 10.8. The fourth-order valence-corrected chi connectivity index (χ4v) is 2.90. The molecule has 2 unspecified atom stereocenters. The number of nitrogens with zero attached hydrogens (tertiary/aromatic N) is 1. The van der Waals surface area contributed by atoms with Crippen molar-refractivity contribution in [1.82, 2.24) is 4.90 Å². The first-order valence-corrected chi connectivity index (χ1v) is 7.13. The van der Waals surface area contributed by atoms with Gasteiger partial charge >= 0.3 is 5.97 Å². The Balaban J connectivity index is 1.96. The minimum Gasteiger partial charge on any atom is -0.478 e. The third kappa shape index (κ3) is 3.81. The van der Waals surface area contributed by atoms with E-state index in [-0.39, 0.29) is 0 Å². The quantitative estimate of drug-likeness (QED) is 0.919. The summed E-state index contributed by atoms with van der Waals surface area (Å²) in [5.41, 5.74) is 1.48. The van der Waals surface area contributed by atoms with Crippen molar-refractivity contribution in [2.75, 3.05) is 7.05 Å². The lowest BCUT2D eigenvalue weighted by Gasteiger charge is -2.37. The molecular weight excluding hydrogens is 254 g/mol. The van der Waals surface area contributed by atoms with E-state index >= 15 is 0 Å². The second kappa shape index (κ2) is 6.37. The third-order valence-electron chi connectivity index (χ3n) is 3.93. The number of carboxylic acid groups (broad SMARTS) is 1. The van der Waals surface area contributed by atoms with Crippen molar-refractivity contribution in [3.63, 3.8) is 0 Å². The van der Waals surface area contributed by atoms with E-state index in [0.29, 0.717) is 23.8 Å². The predicted octanol–water partition coefficient (Wildman–Crippen LogP) is 2.77. The lowest BCUT2D eigenvalue weighted by molar-refractivity contribution is -0.0624. The molecule has 1 aliphatic rings. The number of aromatic carboxylic acids is 1. The number of carboxylic acids is 1. The van der Waals surface area contributed by atoms with Crippen LogP contribution in [0.15, 0.2) is 24.3 Å². The van der Waals surface area contributed by atoms with E-state index in [1.54, 1.807) is 12.1 Å². The van der Waals surface area contributed by atoms with Gasteiger partial charge in [0.2, 0.25) is 0 Å². The van der Waals surface area contributed by atoms with Crippen molar-refractivity contribution in [1.29, 1.82) is 0 Å². The van der Waals surface area contributed by atoms with Gasteiger partial charge in [0.25, 0.3) is 0 Å². The molecule has 20 heavy (non-hydrogen) atoms. The highest BCUT2D eigenvalue weighted by Gasteiger charge is 2.27. The molecular formula is C16H23NO3. The Bertz CT molecular complexity index is 447. The maximum absolute atomic E-state index is 10.8. The molecule has 1 aromatic carbocycles. The molecule has 1 aliphatic heterocycles. The molecule has 0 aliphatic carbocycles. The summed E-state index contributed by atoms with van der Waals surface area (Å²) in [4.78, 5) is 13.2. The maximum Gasteiger partial charge on any atom is 0.335 e. The van der Waals surface area contributed by atoms with E-state index in [1.807, 2.05) is 12.1 Å². The molecule has 0 spiro atoms. The second-order valence-corrected chi connectivity index (χ2v) is 5.80. The molecule has 2 atom stereocenters. The minimum atomic E-state index is -0.878. The molecule has 4 heteroatoms. The summed E-state index contributed by atoms with van der Waals surface area (Å²) in [7, 11) is 2.13. The average Bonchev–Trinajstić information content (AvgIpc) is 2.38. The van der Waals surface area contributed by atoms with Crippen LogP contribution in [0.4, 0.5) is 0 Å². The Morgan fingerprint density at radius 2 is 1.80 bits per heavy atom. The van der Waals surface area contributed by atoms with Crippen molar-refractivity contribution in [3.05, 3.63) is 35.4 Å². The van der Waals surface area contributed by atoms with Crippen LogP contribution in [-0.2, 0) is 11.3 Å². The summed E-state index contributed by atoms with van der Waals surface area (Å²) in [5.74, 6) is -0.878. The van der Waals surface area contributed by atoms with Gasteiger partial charge < -0.3 is 9.84 Å². The van der Waals surface area contributed by atoms with Crippen LogP contribution in [0.1, 0.15) is 42.6 Å². The van der Waals surface area contributed by atoms with E-state index in [9.17, 15) is 4.79 Å². The fraction of sp³-hybridized carbons (Fsp3) is 0.562. The molecule has 1 saturated heterocycles. The Labute approximate surface area is 120 Å². The van der Waals surface area contributed by atoms with Crippen molar-refractivity contribution < 1.29 is 14.6 Å². The van der Waals surface area contributed by atoms with Gasteiger partial charge in [0.15, 0.2) is 0 Å². The summed E-state index contributed by atoms with van der Waals surface area (Å²) in [6.07, 6.45) is 2.71. The zero-order chi connectivity index (χ0) is 14.7. The molecule has 0 saturated carbocycles. The van der Waals surface area contributed by atoms with E-state index in [4.69, 9.17) is 9.84 Å². The van der Waals surface area contributed by atoms with Gasteiger partial charge in [-0.15, -0.1) is 0 Å². The monoisotopic (exact) mass is 277 g/mol. The minimum absolute atomic E-state index is 0.306. The molecule has 1 aromatic rings. The molecule has 4 nitrogen and oxygen atoms in total. The first-order valence-electron chi connectivity index (χ1n) is 7.13. The van der Waals surface area contributed by atoms with Gasteiger partial charge in [-0.05, 0) is 51.4 Å². The SMILES string of the molecule is CC1CC(N(C)Cc2ccc(C(=O)O)cc2)CC(C)O1. The van der Waals surface area contributed by atoms with Crippen LogP contribution >= 0.6 is 0 Å². The number of benzene rings is 1. The van der Waals surface area contributed by atoms with Crippen LogP contribution in [0.5, 0.6) is 0 Å². The summed E-state index contributed by atoms with van der Waals surface area (Å²) < 4.78 is 5.77. The summed E-state index contributed by atoms with van der Waals surface area (Å²) >= 11 is 0. The van der Waals surface area contributed by atoms with Crippen LogP contribution in [0.2, 0.25) is 0 Å². The highest BCUT2D eigenvalue weighted by atomic mass is 16.5. The molecule has 0 amide bonds. The third-order valence-corrected chi connectivity index (χ3v) is 3.93. The Morgan fingerprint density at radius 1 is 1.25 bits per heavy atom. The first-order chi connectivity index (χ1) is 9.45. The van der Waals surface area contributed by atoms with Gasteiger partial charge in [0, 0.05) is 12.6 Å². The Kier molecular flexibility index (Phi) is 4.78. The van der Waals surface area contributed by atoms with E-state index in [2.05, 4.69) is 25.8 Å². The first kappa shape index (κ1) is 15.0. The fourth-order valence-electron chi connectivity index (χ4n) is 2.90. The van der Waals surface area contributed by atoms with Gasteiger partial charge in [0.1, 0.15) is 0 Å². The van der Waals surface area contributed by atoms with Crippen LogP contribution < -0.4 is 0 Å². The largest absolute Gasteiger partial charge is 0.478 e. The topological polar surface area (TPSA) is 49.8 Å². The molecule has 2 rings (SSSR count). The highest BCUT2D eigenvalue weighted by Crippen LogP contribution is 2.23. The molecule has 1 N–H and O–H groups in total. The predicted molar refractivity (Wildman–Crippen MR) is 77.9 cm³/mol. The van der Waals surface area contributed by atoms with Crippen LogP contribution in [-0.4, -0.2) is 41.3 Å². The summed E-state index contributed by atoms with van der Waals surface area (Å²) in [6, 6.07) is 7.65. The average molecular weight is 277 g/mol. The van der Waals surface area contributed by atoms with Gasteiger partial charge in [-0.3, -0.25) is 4.90 Å². The Hall–Kier alpha value is -1.39. The van der Waals surface area contributed by atoms with Crippen molar-refractivity contribution in [2.24, 2.45) is 0 Å². The summed E-state index contributed by atoms with van der Waals surface area (Å²) in [6.45, 7) is 5.08. The van der Waals surface area contributed by atoms with Gasteiger partial charge in [-0.1, -0.05) is 12.1 Å². The molecule has 1 fully saturated rings. The molecule has 1 heterocycles. The highest BCUT2D eigenvalue weighted by molar-refractivity contribution is 5.87. The number of hydrogen-bond donors (Lipinski definition) is 1. The molecule has 0 aromatic heterocycles. The van der Waals surface area contributed by atoms with Gasteiger partial charge in [0.05, 0.1) is 17.8 Å². The van der Waals surface area contributed by atoms with Crippen LogP contribution in [0.3, 0.4) is 0 Å². The molecule has 110 valence electrons. The lowest BCUT2D eigenvalue weighted by Crippen LogP contribution is -2.42. The Morgan fingerprint density at radius 3 is 2.30 bits per heavy atom. The van der Waals surface area contributed by atoms with Crippen molar-refractivity contribution in [3.8, 4) is 0 Å². The van der Waals surface area contributed by atoms with E-state index < -0.39 is 5.97 Å². The van der Waals surface area contributed by atoms with E-state index in [1.165, 1.54) is 0 Å². The van der Waals surface area contributed by atoms with Gasteiger partial charge in [-0.25, -0.2) is 4.79 Å². The summed E-state index contributed by atoms with van der Waals surface area (Å²) in [5, 5.41) is 8.90. The number of hydrogen-bond acceptors (Lipinski definition) is 3. The van der Waals surface area contributed by atoms with Crippen molar-refractivity contribution >= 4 is 5.97 Å². The number of carbonyl (C=O) groups is 1. The smallest absolute Gasteiger partial charge is 0.335 e. The van der Waals surface area contributed by atoms with Crippen LogP contribution in [0, 0.1) is 0 Å². The van der Waals surface area contributed by atoms with E-state index in [0.717, 1.165) is 24.9 Å². The number of ether oxygens (including phenoxy) is 1.